The fraction of sp³-hybridized carbons (Fsp3) is 0.250. The number of halogens is 4. The minimum atomic E-state index is -1.26. The summed E-state index contributed by atoms with van der Waals surface area (Å²) in [6.45, 7) is 2.07. The molecule has 3 aromatic rings. The van der Waals surface area contributed by atoms with Crippen LogP contribution in [0.2, 0.25) is 0 Å². The smallest absolute Gasteiger partial charge is 0.128 e. The van der Waals surface area contributed by atoms with Gasteiger partial charge in [0, 0.05) is 11.5 Å². The second kappa shape index (κ2) is 8.83. The van der Waals surface area contributed by atoms with Gasteiger partial charge in [0.25, 0.3) is 0 Å². The number of benzene rings is 3. The molecule has 0 spiro atoms. The second-order valence-corrected chi connectivity index (χ2v) is 7.54. The van der Waals surface area contributed by atoms with Crippen LogP contribution in [0, 0.1) is 17.5 Å². The molecule has 0 bridgehead atoms. The highest BCUT2D eigenvalue weighted by Crippen LogP contribution is 2.51. The van der Waals surface area contributed by atoms with E-state index in [0.717, 1.165) is 18.4 Å². The van der Waals surface area contributed by atoms with Gasteiger partial charge in [-0.2, -0.15) is 0 Å². The Morgan fingerprint density at radius 2 is 1.39 bits per heavy atom. The summed E-state index contributed by atoms with van der Waals surface area (Å²) in [6, 6.07) is 18.4. The number of hydrogen-bond donors (Lipinski definition) is 0. The summed E-state index contributed by atoms with van der Waals surface area (Å²) < 4.78 is 42.0. The summed E-state index contributed by atoms with van der Waals surface area (Å²) in [5, 5.41) is 0. The molecule has 0 N–H and O–H groups in total. The van der Waals surface area contributed by atoms with E-state index in [1.54, 1.807) is 42.5 Å². The van der Waals surface area contributed by atoms with Crippen molar-refractivity contribution in [2.45, 2.75) is 37.0 Å². The van der Waals surface area contributed by atoms with Gasteiger partial charge < -0.3 is 0 Å². The first-order chi connectivity index (χ1) is 13.5. The highest BCUT2D eigenvalue weighted by Gasteiger charge is 2.42. The van der Waals surface area contributed by atoms with Gasteiger partial charge in [-0.05, 0) is 47.9 Å². The summed E-state index contributed by atoms with van der Waals surface area (Å²) in [6.07, 6.45) is 2.48. The molecule has 4 heteroatoms. The van der Waals surface area contributed by atoms with Crippen molar-refractivity contribution in [2.75, 3.05) is 0 Å². The lowest BCUT2D eigenvalue weighted by molar-refractivity contribution is 0.469. The maximum absolute atomic E-state index is 14.9. The van der Waals surface area contributed by atoms with Gasteiger partial charge in [-0.1, -0.05) is 62.2 Å². The standard InChI is InChI=1S/C24H22ClF3/c1-2-3-6-21(17-9-13-19(26)14-10-17)24(25,18-11-15-20(27)16-12-18)22-7-4-5-8-23(22)28/h4-5,7-16,21H,2-3,6H2,1H3. The van der Waals surface area contributed by atoms with Crippen LogP contribution in [0.4, 0.5) is 13.2 Å². The second-order valence-electron chi connectivity index (χ2n) is 6.94. The van der Waals surface area contributed by atoms with Crippen molar-refractivity contribution < 1.29 is 13.2 Å². The Kier molecular flexibility index (Phi) is 6.46. The lowest BCUT2D eigenvalue weighted by atomic mass is 9.74. The predicted molar refractivity (Wildman–Crippen MR) is 108 cm³/mol. The number of alkyl halides is 1. The Morgan fingerprint density at radius 1 is 0.821 bits per heavy atom. The van der Waals surface area contributed by atoms with Gasteiger partial charge in [0.15, 0.2) is 0 Å². The minimum Gasteiger partial charge on any atom is -0.207 e. The Bertz CT molecular complexity index is 906. The molecule has 0 aliphatic heterocycles. The molecule has 0 heterocycles. The van der Waals surface area contributed by atoms with Gasteiger partial charge in [-0.25, -0.2) is 13.2 Å². The van der Waals surface area contributed by atoms with Crippen LogP contribution in [-0.2, 0) is 4.87 Å². The van der Waals surface area contributed by atoms with Gasteiger partial charge in [0.05, 0.1) is 0 Å². The minimum absolute atomic E-state index is 0.322. The highest BCUT2D eigenvalue weighted by molar-refractivity contribution is 6.26. The molecule has 3 rings (SSSR count). The van der Waals surface area contributed by atoms with Crippen molar-refractivity contribution in [1.82, 2.24) is 0 Å². The zero-order valence-electron chi connectivity index (χ0n) is 15.6. The van der Waals surface area contributed by atoms with Crippen molar-refractivity contribution in [3.05, 3.63) is 107 Å². The van der Waals surface area contributed by atoms with Crippen molar-refractivity contribution in [1.29, 1.82) is 0 Å². The maximum atomic E-state index is 14.9. The van der Waals surface area contributed by atoms with Crippen molar-refractivity contribution in [3.8, 4) is 0 Å². The van der Waals surface area contributed by atoms with Crippen molar-refractivity contribution in [3.63, 3.8) is 0 Å². The van der Waals surface area contributed by atoms with E-state index in [-0.39, 0.29) is 17.6 Å². The third-order valence-corrected chi connectivity index (χ3v) is 5.81. The van der Waals surface area contributed by atoms with Crippen LogP contribution in [-0.4, -0.2) is 0 Å². The third-order valence-electron chi connectivity index (χ3n) is 5.13. The fourth-order valence-corrected chi connectivity index (χ4v) is 4.21. The van der Waals surface area contributed by atoms with Crippen LogP contribution in [0.1, 0.15) is 48.8 Å². The van der Waals surface area contributed by atoms with Crippen LogP contribution >= 0.6 is 11.6 Å². The van der Waals surface area contributed by atoms with E-state index in [0.29, 0.717) is 17.5 Å². The zero-order valence-corrected chi connectivity index (χ0v) is 16.4. The lowest BCUT2D eigenvalue weighted by Crippen LogP contribution is -2.31. The first-order valence-corrected chi connectivity index (χ1v) is 9.80. The van der Waals surface area contributed by atoms with E-state index >= 15 is 0 Å². The zero-order chi connectivity index (χ0) is 20.1. The summed E-state index contributed by atoms with van der Waals surface area (Å²) in [7, 11) is 0. The average molecular weight is 403 g/mol. The molecule has 0 radical (unpaired) electrons. The van der Waals surface area contributed by atoms with Crippen LogP contribution < -0.4 is 0 Å². The Hall–Kier alpha value is -2.26. The van der Waals surface area contributed by atoms with E-state index in [4.69, 9.17) is 11.6 Å². The first kappa shape index (κ1) is 20.5. The van der Waals surface area contributed by atoms with Crippen LogP contribution in [0.15, 0.2) is 72.8 Å². The predicted octanol–water partition coefficient (Wildman–Crippen LogP) is 7.56. The summed E-state index contributed by atoms with van der Waals surface area (Å²) in [5.41, 5.74) is 1.75. The molecule has 0 nitrogen and oxygen atoms in total. The molecule has 0 amide bonds. The molecular weight excluding hydrogens is 381 g/mol. The first-order valence-electron chi connectivity index (χ1n) is 9.42. The van der Waals surface area contributed by atoms with E-state index in [1.807, 2.05) is 0 Å². The summed E-state index contributed by atoms with van der Waals surface area (Å²) in [5.74, 6) is -1.48. The number of unbranched alkanes of at least 4 members (excludes halogenated alkanes) is 1. The maximum Gasteiger partial charge on any atom is 0.128 e. The Morgan fingerprint density at radius 3 is 1.96 bits per heavy atom. The van der Waals surface area contributed by atoms with Gasteiger partial charge in [0.1, 0.15) is 22.3 Å². The Balaban J connectivity index is 2.23. The molecule has 3 aromatic carbocycles. The number of rotatable bonds is 7. The summed E-state index contributed by atoms with van der Waals surface area (Å²) >= 11 is 7.27. The summed E-state index contributed by atoms with van der Waals surface area (Å²) in [4.78, 5) is -1.26. The molecule has 2 unspecified atom stereocenters. The van der Waals surface area contributed by atoms with Gasteiger partial charge >= 0.3 is 0 Å². The molecule has 0 aromatic heterocycles. The molecular formula is C24H22ClF3. The molecule has 28 heavy (non-hydrogen) atoms. The monoisotopic (exact) mass is 402 g/mol. The largest absolute Gasteiger partial charge is 0.207 e. The van der Waals surface area contributed by atoms with E-state index < -0.39 is 10.7 Å². The van der Waals surface area contributed by atoms with Crippen LogP contribution in [0.25, 0.3) is 0 Å². The van der Waals surface area contributed by atoms with E-state index in [1.165, 1.54) is 30.3 Å². The SMILES string of the molecule is CCCCC(c1ccc(F)cc1)C(Cl)(c1ccc(F)cc1)c1ccccc1F. The van der Waals surface area contributed by atoms with Crippen molar-refractivity contribution >= 4 is 11.6 Å². The molecule has 0 aliphatic rings. The molecule has 0 aliphatic carbocycles. The van der Waals surface area contributed by atoms with Gasteiger partial charge in [-0.15, -0.1) is 11.6 Å². The topological polar surface area (TPSA) is 0 Å². The molecule has 0 saturated heterocycles. The van der Waals surface area contributed by atoms with Gasteiger partial charge in [0.2, 0.25) is 0 Å². The normalized spacial score (nSPS) is 14.5. The van der Waals surface area contributed by atoms with Crippen LogP contribution in [0.5, 0.6) is 0 Å². The molecule has 2 atom stereocenters. The highest BCUT2D eigenvalue weighted by atomic mass is 35.5. The number of hydrogen-bond acceptors (Lipinski definition) is 0. The quantitative estimate of drug-likeness (QED) is 0.357. The lowest BCUT2D eigenvalue weighted by Gasteiger charge is -2.37. The van der Waals surface area contributed by atoms with Crippen LogP contribution in [0.3, 0.4) is 0 Å². The van der Waals surface area contributed by atoms with Crippen molar-refractivity contribution in [2.24, 2.45) is 0 Å². The average Bonchev–Trinajstić information content (AvgIpc) is 2.70. The fourth-order valence-electron chi connectivity index (χ4n) is 3.69. The Labute approximate surface area is 169 Å². The van der Waals surface area contributed by atoms with Gasteiger partial charge in [-0.3, -0.25) is 0 Å². The molecule has 146 valence electrons. The molecule has 0 saturated carbocycles. The van der Waals surface area contributed by atoms with E-state index in [2.05, 4.69) is 6.92 Å². The van der Waals surface area contributed by atoms with E-state index in [9.17, 15) is 13.2 Å². The third kappa shape index (κ3) is 4.10. The molecule has 0 fully saturated rings.